The minimum absolute atomic E-state index is 0.0458. The van der Waals surface area contributed by atoms with E-state index >= 15 is 0 Å². The van der Waals surface area contributed by atoms with Gasteiger partial charge in [-0.2, -0.15) is 0 Å². The zero-order chi connectivity index (χ0) is 25.8. The van der Waals surface area contributed by atoms with E-state index in [2.05, 4.69) is 56.1 Å². The molecule has 0 radical (unpaired) electrons. The number of aliphatic carboxylic acids is 1. The third-order valence-corrected chi connectivity index (χ3v) is 9.14. The Hall–Kier alpha value is -2.40. The Balaban J connectivity index is 1.55. The number of hydrogen-bond donors (Lipinski definition) is 2. The number of fused-ring (bicyclic) bond motifs is 1. The fourth-order valence-electron chi connectivity index (χ4n) is 6.88. The van der Waals surface area contributed by atoms with Gasteiger partial charge in [0.2, 0.25) is 0 Å². The van der Waals surface area contributed by atoms with E-state index in [1.165, 1.54) is 18.4 Å². The van der Waals surface area contributed by atoms with Gasteiger partial charge in [0.25, 0.3) is 0 Å². The molecule has 0 aromatic carbocycles. The van der Waals surface area contributed by atoms with Crippen molar-refractivity contribution in [2.75, 3.05) is 0 Å². The zero-order valence-electron chi connectivity index (χ0n) is 22.2. The summed E-state index contributed by atoms with van der Waals surface area (Å²) >= 11 is 0. The van der Waals surface area contributed by atoms with Gasteiger partial charge in [-0.15, -0.1) is 0 Å². The van der Waals surface area contributed by atoms with E-state index < -0.39 is 11.9 Å². The number of allylic oxidation sites excluding steroid dienone is 5. The summed E-state index contributed by atoms with van der Waals surface area (Å²) in [7, 11) is 0. The van der Waals surface area contributed by atoms with Crippen molar-refractivity contribution in [1.29, 1.82) is 0 Å². The first-order chi connectivity index (χ1) is 17.3. The number of ether oxygens (including phenoxy) is 1. The molecule has 1 saturated heterocycles. The van der Waals surface area contributed by atoms with Crippen molar-refractivity contribution in [2.45, 2.75) is 78.4 Å². The number of ketones is 1. The summed E-state index contributed by atoms with van der Waals surface area (Å²) in [6.07, 6.45) is 18.7. The first kappa shape index (κ1) is 26.7. The fourth-order valence-corrected chi connectivity index (χ4v) is 6.88. The normalized spacial score (nSPS) is 35.6. The van der Waals surface area contributed by atoms with Gasteiger partial charge in [0, 0.05) is 18.0 Å². The van der Waals surface area contributed by atoms with Crippen LogP contribution in [0.3, 0.4) is 0 Å². The van der Waals surface area contributed by atoms with Crippen LogP contribution in [0.5, 0.6) is 0 Å². The van der Waals surface area contributed by atoms with Crippen LogP contribution in [0.2, 0.25) is 0 Å². The Morgan fingerprint density at radius 1 is 1.19 bits per heavy atom. The number of Topliss-reactive ketones (excluding diaryl/α,β-unsaturated/α-hetero) is 1. The summed E-state index contributed by atoms with van der Waals surface area (Å²) in [5.74, 6) is 0.846. The van der Waals surface area contributed by atoms with Gasteiger partial charge in [0.05, 0.1) is 23.8 Å². The van der Waals surface area contributed by atoms with Crippen LogP contribution in [-0.4, -0.2) is 34.1 Å². The zero-order valence-corrected chi connectivity index (χ0v) is 22.2. The number of carboxylic acids is 1. The van der Waals surface area contributed by atoms with Gasteiger partial charge in [0.15, 0.2) is 5.78 Å². The monoisotopic (exact) mass is 493 g/mol. The van der Waals surface area contributed by atoms with E-state index in [-0.39, 0.29) is 29.8 Å². The summed E-state index contributed by atoms with van der Waals surface area (Å²) in [5, 5.41) is 9.46. The van der Waals surface area contributed by atoms with Crippen molar-refractivity contribution in [3.8, 4) is 0 Å². The Morgan fingerprint density at radius 2 is 2.00 bits per heavy atom. The van der Waals surface area contributed by atoms with Crippen LogP contribution >= 0.6 is 0 Å². The minimum Gasteiger partial charge on any atom is -0.481 e. The van der Waals surface area contributed by atoms with Crippen molar-refractivity contribution in [1.82, 2.24) is 4.98 Å². The van der Waals surface area contributed by atoms with Crippen LogP contribution in [0.15, 0.2) is 54.3 Å². The number of carbonyl (C=O) groups excluding carboxylic acids is 1. The Bertz CT molecular complexity index is 990. The smallest absolute Gasteiger partial charge is 0.308 e. The van der Waals surface area contributed by atoms with Crippen LogP contribution in [0, 0.1) is 41.4 Å². The average molecular weight is 494 g/mol. The number of H-pyrrole nitrogens is 1. The fraction of sp³-hybridized carbons (Fsp3) is 0.613. The second-order valence-electron chi connectivity index (χ2n) is 11.2. The molecule has 4 rings (SSSR count). The molecular formula is C31H43NO4. The molecule has 1 saturated carbocycles. The summed E-state index contributed by atoms with van der Waals surface area (Å²) in [6, 6.07) is 3.80. The van der Waals surface area contributed by atoms with Gasteiger partial charge < -0.3 is 14.8 Å². The van der Waals surface area contributed by atoms with Crippen molar-refractivity contribution >= 4 is 11.8 Å². The highest BCUT2D eigenvalue weighted by molar-refractivity contribution is 5.97. The third kappa shape index (κ3) is 5.46. The molecule has 2 heterocycles. The molecule has 0 amide bonds. The number of aromatic amines is 1. The molecular weight excluding hydrogens is 450 g/mol. The molecule has 196 valence electrons. The summed E-state index contributed by atoms with van der Waals surface area (Å²) in [5.41, 5.74) is 1.90. The Morgan fingerprint density at radius 3 is 2.67 bits per heavy atom. The molecule has 1 aromatic heterocycles. The maximum atomic E-state index is 13.6. The number of carboxylic acid groups (broad SMARTS) is 1. The Kier molecular flexibility index (Phi) is 8.71. The number of hydrogen-bond acceptors (Lipinski definition) is 3. The van der Waals surface area contributed by atoms with Crippen molar-refractivity contribution in [2.24, 2.45) is 41.4 Å². The maximum Gasteiger partial charge on any atom is 0.308 e. The topological polar surface area (TPSA) is 79.4 Å². The number of aromatic nitrogens is 1. The van der Waals surface area contributed by atoms with E-state index in [4.69, 9.17) is 4.74 Å². The first-order valence-electron chi connectivity index (χ1n) is 14.0. The van der Waals surface area contributed by atoms with Crippen LogP contribution in [0.1, 0.15) is 76.7 Å². The molecule has 3 aliphatic rings. The minimum atomic E-state index is -0.799. The second-order valence-corrected chi connectivity index (χ2v) is 11.2. The highest BCUT2D eigenvalue weighted by Gasteiger charge is 2.45. The van der Waals surface area contributed by atoms with Gasteiger partial charge >= 0.3 is 5.97 Å². The molecule has 0 unspecified atom stereocenters. The van der Waals surface area contributed by atoms with E-state index in [0.717, 1.165) is 25.7 Å². The van der Waals surface area contributed by atoms with E-state index in [1.54, 1.807) is 6.92 Å². The molecule has 5 nitrogen and oxygen atoms in total. The molecule has 1 aliphatic heterocycles. The number of carbonyl (C=O) groups is 2. The molecule has 0 spiro atoms. The SMILES string of the molecule is CC/C(=C\C=C\[C@@H]1C=C[C@@H]2[C@@H](CC)CC[C@H]2[C@@H]1C(=O)c1ccc[nH]1)[C@@H]1O[C@H]([C@@H](C)C(=O)O)CC[C@@H]1C. The molecule has 1 aromatic rings. The lowest BCUT2D eigenvalue weighted by Crippen LogP contribution is -2.40. The van der Waals surface area contributed by atoms with Crippen LogP contribution in [0.4, 0.5) is 0 Å². The predicted molar refractivity (Wildman–Crippen MR) is 143 cm³/mol. The van der Waals surface area contributed by atoms with E-state index in [1.807, 2.05) is 18.3 Å². The summed E-state index contributed by atoms with van der Waals surface area (Å²) in [6.45, 7) is 8.33. The lowest BCUT2D eigenvalue weighted by Gasteiger charge is -2.38. The largest absolute Gasteiger partial charge is 0.481 e. The van der Waals surface area contributed by atoms with Crippen LogP contribution < -0.4 is 0 Å². The summed E-state index contributed by atoms with van der Waals surface area (Å²) < 4.78 is 6.35. The van der Waals surface area contributed by atoms with Gasteiger partial charge in [-0.3, -0.25) is 9.59 Å². The molecule has 9 atom stereocenters. The van der Waals surface area contributed by atoms with Crippen LogP contribution in [-0.2, 0) is 9.53 Å². The second kappa shape index (κ2) is 11.8. The van der Waals surface area contributed by atoms with Gasteiger partial charge in [-0.25, -0.2) is 0 Å². The molecule has 0 bridgehead atoms. The number of rotatable bonds is 9. The van der Waals surface area contributed by atoms with Gasteiger partial charge in [-0.05, 0) is 80.4 Å². The highest BCUT2D eigenvalue weighted by Crippen LogP contribution is 2.49. The van der Waals surface area contributed by atoms with Crippen molar-refractivity contribution < 1.29 is 19.4 Å². The Labute approximate surface area is 216 Å². The lowest BCUT2D eigenvalue weighted by atomic mass is 9.68. The standard InChI is InChI=1S/C31H43NO4/c1-5-21-13-16-25-24(21)15-14-23(28(25)29(33)26-11-8-18-32-26)10-7-9-22(6-2)30-19(3)12-17-27(36-30)20(4)31(34)35/h7-11,14-15,18-21,23-25,27-28,30,32H,5-6,12-13,16-17H2,1-4H3,(H,34,35)/b10-7+,22-9+/t19-,20+,21-,23+,24+,25+,27-,28+,30+/m0/s1. The van der Waals surface area contributed by atoms with Crippen molar-refractivity contribution in [3.63, 3.8) is 0 Å². The third-order valence-electron chi connectivity index (χ3n) is 9.14. The maximum absolute atomic E-state index is 13.6. The number of nitrogens with one attached hydrogen (secondary N) is 1. The van der Waals surface area contributed by atoms with Gasteiger partial charge in [-0.1, -0.05) is 57.6 Å². The molecule has 5 heteroatoms. The highest BCUT2D eigenvalue weighted by atomic mass is 16.5. The molecule has 36 heavy (non-hydrogen) atoms. The summed E-state index contributed by atoms with van der Waals surface area (Å²) in [4.78, 5) is 28.3. The molecule has 2 aliphatic carbocycles. The first-order valence-corrected chi connectivity index (χ1v) is 14.0. The lowest BCUT2D eigenvalue weighted by molar-refractivity contribution is -0.152. The average Bonchev–Trinajstić information content (AvgIpc) is 3.56. The van der Waals surface area contributed by atoms with E-state index in [9.17, 15) is 14.7 Å². The quantitative estimate of drug-likeness (QED) is 0.224. The van der Waals surface area contributed by atoms with Crippen molar-refractivity contribution in [3.05, 3.63) is 60.0 Å². The molecule has 2 N–H and O–H groups in total. The predicted octanol–water partition coefficient (Wildman–Crippen LogP) is 6.85. The molecule has 2 fully saturated rings. The van der Waals surface area contributed by atoms with E-state index in [0.29, 0.717) is 29.4 Å². The van der Waals surface area contributed by atoms with Gasteiger partial charge in [0.1, 0.15) is 0 Å². The van der Waals surface area contributed by atoms with Crippen LogP contribution in [0.25, 0.3) is 0 Å².